The van der Waals surface area contributed by atoms with E-state index in [4.69, 9.17) is 9.47 Å². The Bertz CT molecular complexity index is 664. The van der Waals surface area contributed by atoms with E-state index in [9.17, 15) is 9.90 Å². The second-order valence-electron chi connectivity index (χ2n) is 5.19. The molecule has 0 heterocycles. The summed E-state index contributed by atoms with van der Waals surface area (Å²) in [5.74, 6) is 0.133. The maximum absolute atomic E-state index is 11.5. The zero-order valence-electron chi connectivity index (χ0n) is 13.0. The molecule has 4 heteroatoms. The van der Waals surface area contributed by atoms with Crippen LogP contribution in [0.3, 0.4) is 0 Å². The lowest BCUT2D eigenvalue weighted by atomic mass is 9.98. The minimum atomic E-state index is -0.983. The first-order valence-electron chi connectivity index (χ1n) is 7.10. The van der Waals surface area contributed by atoms with Crippen LogP contribution in [-0.2, 0) is 11.2 Å². The monoisotopic (exact) mass is 300 g/mol. The molecular formula is C18H20O4. The first-order valence-corrected chi connectivity index (χ1v) is 7.10. The fraction of sp³-hybridized carbons (Fsp3) is 0.278. The Kier molecular flexibility index (Phi) is 5.04. The molecule has 0 saturated heterocycles. The predicted molar refractivity (Wildman–Crippen MR) is 84.7 cm³/mol. The quantitative estimate of drug-likeness (QED) is 0.888. The van der Waals surface area contributed by atoms with Gasteiger partial charge in [0, 0.05) is 12.5 Å². The first kappa shape index (κ1) is 15.9. The Morgan fingerprint density at radius 3 is 2.50 bits per heavy atom. The third kappa shape index (κ3) is 3.79. The zero-order valence-corrected chi connectivity index (χ0v) is 13.0. The van der Waals surface area contributed by atoms with Crippen LogP contribution in [0.25, 0.3) is 0 Å². The maximum atomic E-state index is 11.5. The summed E-state index contributed by atoms with van der Waals surface area (Å²) in [6.07, 6.45) is -0.618. The van der Waals surface area contributed by atoms with Crippen LogP contribution in [0.2, 0.25) is 0 Å². The largest absolute Gasteiger partial charge is 0.497 e. The Labute approximate surface area is 130 Å². The minimum Gasteiger partial charge on any atom is -0.497 e. The highest BCUT2D eigenvalue weighted by atomic mass is 16.5. The molecule has 1 atom stereocenters. The molecule has 0 aromatic heterocycles. The zero-order chi connectivity index (χ0) is 16.1. The fourth-order valence-corrected chi connectivity index (χ4v) is 2.25. The number of hydrogen-bond acceptors (Lipinski definition) is 3. The van der Waals surface area contributed by atoms with E-state index in [2.05, 4.69) is 0 Å². The van der Waals surface area contributed by atoms with Crippen molar-refractivity contribution in [2.75, 3.05) is 7.11 Å². The molecule has 0 aliphatic heterocycles. The summed E-state index contributed by atoms with van der Waals surface area (Å²) in [5, 5.41) is 9.43. The van der Waals surface area contributed by atoms with Gasteiger partial charge < -0.3 is 14.6 Å². The van der Waals surface area contributed by atoms with Crippen LogP contribution in [0.1, 0.15) is 16.7 Å². The van der Waals surface area contributed by atoms with Crippen LogP contribution < -0.4 is 9.47 Å². The summed E-state index contributed by atoms with van der Waals surface area (Å²) in [6, 6.07) is 12.8. The van der Waals surface area contributed by atoms with Gasteiger partial charge in [-0.2, -0.15) is 0 Å². The van der Waals surface area contributed by atoms with Crippen LogP contribution in [0.4, 0.5) is 0 Å². The SMILES string of the molecule is COc1cccc(O[C@@H](Cc2cccc(C)c2C)C(=O)O)c1. The van der Waals surface area contributed by atoms with Gasteiger partial charge in [-0.15, -0.1) is 0 Å². The van der Waals surface area contributed by atoms with E-state index < -0.39 is 12.1 Å². The van der Waals surface area contributed by atoms with Crippen molar-refractivity contribution in [2.45, 2.75) is 26.4 Å². The molecule has 2 aromatic rings. The topological polar surface area (TPSA) is 55.8 Å². The van der Waals surface area contributed by atoms with Crippen molar-refractivity contribution in [2.24, 2.45) is 0 Å². The van der Waals surface area contributed by atoms with Crippen LogP contribution in [0, 0.1) is 13.8 Å². The van der Waals surface area contributed by atoms with E-state index in [1.807, 2.05) is 32.0 Å². The predicted octanol–water partition coefficient (Wildman–Crippen LogP) is 3.39. The number of aliphatic carboxylic acids is 1. The van der Waals surface area contributed by atoms with Gasteiger partial charge in [0.05, 0.1) is 7.11 Å². The molecule has 0 aliphatic rings. The van der Waals surface area contributed by atoms with Crippen molar-refractivity contribution in [1.29, 1.82) is 0 Å². The van der Waals surface area contributed by atoms with Crippen molar-refractivity contribution in [1.82, 2.24) is 0 Å². The van der Waals surface area contributed by atoms with Crippen molar-refractivity contribution in [3.05, 3.63) is 59.2 Å². The first-order chi connectivity index (χ1) is 10.5. The summed E-state index contributed by atoms with van der Waals surface area (Å²) in [6.45, 7) is 4.01. The molecule has 1 N–H and O–H groups in total. The molecular weight excluding hydrogens is 280 g/mol. The highest BCUT2D eigenvalue weighted by Gasteiger charge is 2.21. The standard InChI is InChI=1S/C18H20O4/c1-12-6-4-7-14(13(12)2)10-17(18(19)20)22-16-9-5-8-15(11-16)21-3/h4-9,11,17H,10H2,1-3H3,(H,19,20)/t17-/m0/s1. The van der Waals surface area contributed by atoms with E-state index >= 15 is 0 Å². The number of benzene rings is 2. The number of carboxylic acid groups (broad SMARTS) is 1. The summed E-state index contributed by atoms with van der Waals surface area (Å²) in [4.78, 5) is 11.5. The fourth-order valence-electron chi connectivity index (χ4n) is 2.25. The van der Waals surface area contributed by atoms with Gasteiger partial charge in [0.25, 0.3) is 0 Å². The highest BCUT2D eigenvalue weighted by molar-refractivity contribution is 5.73. The lowest BCUT2D eigenvalue weighted by Gasteiger charge is -2.17. The summed E-state index contributed by atoms with van der Waals surface area (Å²) >= 11 is 0. The molecule has 0 unspecified atom stereocenters. The van der Waals surface area contributed by atoms with Gasteiger partial charge in [0.2, 0.25) is 0 Å². The van der Waals surface area contributed by atoms with Crippen molar-refractivity contribution in [3.8, 4) is 11.5 Å². The maximum Gasteiger partial charge on any atom is 0.345 e. The van der Waals surface area contributed by atoms with Crippen LogP contribution in [0.5, 0.6) is 11.5 Å². The molecule has 116 valence electrons. The number of ether oxygens (including phenoxy) is 2. The van der Waals surface area contributed by atoms with Crippen molar-refractivity contribution >= 4 is 5.97 Å². The lowest BCUT2D eigenvalue weighted by Crippen LogP contribution is -2.29. The second-order valence-corrected chi connectivity index (χ2v) is 5.19. The Hall–Kier alpha value is -2.49. The second kappa shape index (κ2) is 6.98. The smallest absolute Gasteiger partial charge is 0.345 e. The van der Waals surface area contributed by atoms with Gasteiger partial charge >= 0.3 is 5.97 Å². The third-order valence-corrected chi connectivity index (χ3v) is 3.72. The van der Waals surface area contributed by atoms with Crippen LogP contribution >= 0.6 is 0 Å². The molecule has 0 aliphatic carbocycles. The Balaban J connectivity index is 2.20. The highest BCUT2D eigenvalue weighted by Crippen LogP contribution is 2.22. The molecule has 0 saturated carbocycles. The molecule has 0 bridgehead atoms. The van der Waals surface area contributed by atoms with Crippen LogP contribution in [0.15, 0.2) is 42.5 Å². The molecule has 0 fully saturated rings. The molecule has 0 spiro atoms. The van der Waals surface area contributed by atoms with Crippen molar-refractivity contribution < 1.29 is 19.4 Å². The van der Waals surface area contributed by atoms with E-state index in [1.165, 1.54) is 0 Å². The summed E-state index contributed by atoms with van der Waals surface area (Å²) in [5.41, 5.74) is 3.22. The number of aryl methyl sites for hydroxylation is 1. The molecule has 2 aromatic carbocycles. The minimum absolute atomic E-state index is 0.320. The van der Waals surface area contributed by atoms with E-state index in [1.54, 1.807) is 31.4 Å². The average molecular weight is 300 g/mol. The molecule has 4 nitrogen and oxygen atoms in total. The third-order valence-electron chi connectivity index (χ3n) is 3.72. The Morgan fingerprint density at radius 2 is 1.82 bits per heavy atom. The van der Waals surface area contributed by atoms with Gasteiger partial charge in [-0.25, -0.2) is 4.79 Å². The van der Waals surface area contributed by atoms with Gasteiger partial charge in [-0.1, -0.05) is 24.3 Å². The number of carboxylic acids is 1. The lowest BCUT2D eigenvalue weighted by molar-refractivity contribution is -0.145. The summed E-state index contributed by atoms with van der Waals surface area (Å²) < 4.78 is 10.8. The number of hydrogen-bond donors (Lipinski definition) is 1. The Morgan fingerprint density at radius 1 is 1.14 bits per heavy atom. The summed E-state index contributed by atoms with van der Waals surface area (Å²) in [7, 11) is 1.56. The number of rotatable bonds is 6. The normalized spacial score (nSPS) is 11.8. The van der Waals surface area contributed by atoms with Gasteiger partial charge in [-0.05, 0) is 42.7 Å². The molecule has 0 amide bonds. The van der Waals surface area contributed by atoms with Crippen molar-refractivity contribution in [3.63, 3.8) is 0 Å². The van der Waals surface area contributed by atoms with Gasteiger partial charge in [0.1, 0.15) is 11.5 Å². The van der Waals surface area contributed by atoms with E-state index in [-0.39, 0.29) is 0 Å². The number of methoxy groups -OCH3 is 1. The number of carbonyl (C=O) groups is 1. The van der Waals surface area contributed by atoms with E-state index in [0.29, 0.717) is 17.9 Å². The van der Waals surface area contributed by atoms with Gasteiger partial charge in [0.15, 0.2) is 6.10 Å². The van der Waals surface area contributed by atoms with Gasteiger partial charge in [-0.3, -0.25) is 0 Å². The molecule has 0 radical (unpaired) electrons. The van der Waals surface area contributed by atoms with E-state index in [0.717, 1.165) is 16.7 Å². The molecule has 22 heavy (non-hydrogen) atoms. The average Bonchev–Trinajstić information content (AvgIpc) is 2.51. The van der Waals surface area contributed by atoms with Crippen LogP contribution in [-0.4, -0.2) is 24.3 Å². The molecule has 2 rings (SSSR count).